The quantitative estimate of drug-likeness (QED) is 0.755. The highest BCUT2D eigenvalue weighted by atomic mass is 16.5. The average Bonchev–Trinajstić information content (AvgIpc) is 2.30. The molecule has 0 aromatic heterocycles. The summed E-state index contributed by atoms with van der Waals surface area (Å²) in [4.78, 5) is 0. The van der Waals surface area contributed by atoms with E-state index in [1.54, 1.807) is 31.4 Å². The van der Waals surface area contributed by atoms with Crippen LogP contribution in [0.15, 0.2) is 24.3 Å². The van der Waals surface area contributed by atoms with Gasteiger partial charge in [0.1, 0.15) is 18.0 Å². The lowest BCUT2D eigenvalue weighted by Crippen LogP contribution is -2.24. The van der Waals surface area contributed by atoms with Crippen molar-refractivity contribution < 1.29 is 19.7 Å². The fourth-order valence-corrected chi connectivity index (χ4v) is 1.32. The van der Waals surface area contributed by atoms with Gasteiger partial charge >= 0.3 is 0 Å². The van der Waals surface area contributed by atoms with Crippen molar-refractivity contribution in [3.05, 3.63) is 29.8 Å². The molecule has 0 fully saturated rings. The summed E-state index contributed by atoms with van der Waals surface area (Å²) in [6.07, 6.45) is -1.43. The van der Waals surface area contributed by atoms with E-state index in [1.807, 2.05) is 0 Å². The van der Waals surface area contributed by atoms with E-state index in [1.165, 1.54) is 7.11 Å². The standard InChI is InChI=1S/C11H16O4/c1-14-9-5-3-8(4-6-9)11(13)10(7-12)15-2/h3-6,10-13H,7H2,1-2H3. The predicted molar refractivity (Wildman–Crippen MR) is 55.8 cm³/mol. The van der Waals surface area contributed by atoms with Crippen LogP contribution in [0.1, 0.15) is 11.7 Å². The zero-order valence-electron chi connectivity index (χ0n) is 8.88. The number of hydrogen-bond donors (Lipinski definition) is 2. The highest BCUT2D eigenvalue weighted by Gasteiger charge is 2.19. The normalized spacial score (nSPS) is 14.7. The van der Waals surface area contributed by atoms with Crippen LogP contribution in [0.25, 0.3) is 0 Å². The van der Waals surface area contributed by atoms with Crippen LogP contribution in [-0.4, -0.2) is 37.1 Å². The lowest BCUT2D eigenvalue weighted by molar-refractivity contribution is -0.0424. The molecule has 1 aromatic carbocycles. The van der Waals surface area contributed by atoms with Crippen LogP contribution in [0.4, 0.5) is 0 Å². The van der Waals surface area contributed by atoms with Gasteiger partial charge in [-0.25, -0.2) is 0 Å². The van der Waals surface area contributed by atoms with Crippen LogP contribution in [0.3, 0.4) is 0 Å². The van der Waals surface area contributed by atoms with Gasteiger partial charge in [-0.05, 0) is 17.7 Å². The lowest BCUT2D eigenvalue weighted by atomic mass is 10.0. The Morgan fingerprint density at radius 2 is 1.80 bits per heavy atom. The molecule has 0 aliphatic rings. The molecule has 4 nitrogen and oxygen atoms in total. The van der Waals surface area contributed by atoms with E-state index in [0.29, 0.717) is 5.56 Å². The average molecular weight is 212 g/mol. The molecule has 2 unspecified atom stereocenters. The maximum absolute atomic E-state index is 9.82. The van der Waals surface area contributed by atoms with E-state index < -0.39 is 12.2 Å². The molecule has 0 bridgehead atoms. The number of hydrogen-bond acceptors (Lipinski definition) is 4. The molecule has 0 saturated heterocycles. The topological polar surface area (TPSA) is 58.9 Å². The van der Waals surface area contributed by atoms with Gasteiger partial charge in [0.25, 0.3) is 0 Å². The predicted octanol–water partition coefficient (Wildman–Crippen LogP) is 0.736. The van der Waals surface area contributed by atoms with E-state index in [4.69, 9.17) is 14.6 Å². The monoisotopic (exact) mass is 212 g/mol. The summed E-state index contributed by atoms with van der Waals surface area (Å²) in [6.45, 7) is -0.219. The molecule has 4 heteroatoms. The van der Waals surface area contributed by atoms with E-state index in [9.17, 15) is 5.11 Å². The summed E-state index contributed by atoms with van der Waals surface area (Å²) in [7, 11) is 3.03. The summed E-state index contributed by atoms with van der Waals surface area (Å²) in [5.41, 5.74) is 0.691. The van der Waals surface area contributed by atoms with E-state index in [-0.39, 0.29) is 6.61 Å². The molecular weight excluding hydrogens is 196 g/mol. The zero-order valence-corrected chi connectivity index (χ0v) is 8.88. The van der Waals surface area contributed by atoms with Gasteiger partial charge in [-0.2, -0.15) is 0 Å². The van der Waals surface area contributed by atoms with Crippen molar-refractivity contribution in [2.45, 2.75) is 12.2 Å². The molecule has 15 heavy (non-hydrogen) atoms. The van der Waals surface area contributed by atoms with Crippen LogP contribution in [-0.2, 0) is 4.74 Å². The van der Waals surface area contributed by atoms with Gasteiger partial charge in [-0.3, -0.25) is 0 Å². The van der Waals surface area contributed by atoms with Crippen molar-refractivity contribution in [3.63, 3.8) is 0 Å². The molecule has 2 N–H and O–H groups in total. The summed E-state index contributed by atoms with van der Waals surface area (Å²) >= 11 is 0. The van der Waals surface area contributed by atoms with Crippen LogP contribution in [0.2, 0.25) is 0 Å². The molecule has 2 atom stereocenters. The second-order valence-corrected chi connectivity index (χ2v) is 3.17. The van der Waals surface area contributed by atoms with Crippen LogP contribution >= 0.6 is 0 Å². The number of aliphatic hydroxyl groups excluding tert-OH is 2. The maximum Gasteiger partial charge on any atom is 0.118 e. The molecule has 1 aromatic rings. The minimum Gasteiger partial charge on any atom is -0.497 e. The minimum absolute atomic E-state index is 0.219. The third kappa shape index (κ3) is 2.92. The Balaban J connectivity index is 2.76. The molecule has 0 aliphatic carbocycles. The second-order valence-electron chi connectivity index (χ2n) is 3.17. The SMILES string of the molecule is COc1ccc(C(O)C(CO)OC)cc1. The Kier molecular flexibility index (Phi) is 4.55. The Hall–Kier alpha value is -1.10. The third-order valence-corrected chi connectivity index (χ3v) is 2.29. The van der Waals surface area contributed by atoms with Gasteiger partial charge in [0, 0.05) is 7.11 Å². The van der Waals surface area contributed by atoms with E-state index >= 15 is 0 Å². The minimum atomic E-state index is -0.828. The molecule has 0 saturated carbocycles. The second kappa shape index (κ2) is 5.70. The Labute approximate surface area is 89.1 Å². The van der Waals surface area contributed by atoms with Gasteiger partial charge < -0.3 is 19.7 Å². The first-order valence-electron chi connectivity index (χ1n) is 4.68. The Morgan fingerprint density at radius 1 is 1.20 bits per heavy atom. The number of benzene rings is 1. The van der Waals surface area contributed by atoms with E-state index in [2.05, 4.69) is 0 Å². The molecule has 0 amide bonds. The van der Waals surface area contributed by atoms with Crippen molar-refractivity contribution in [2.24, 2.45) is 0 Å². The van der Waals surface area contributed by atoms with Crippen molar-refractivity contribution in [1.29, 1.82) is 0 Å². The molecule has 1 rings (SSSR count). The van der Waals surface area contributed by atoms with Crippen LogP contribution in [0.5, 0.6) is 5.75 Å². The third-order valence-electron chi connectivity index (χ3n) is 2.29. The van der Waals surface area contributed by atoms with Gasteiger partial charge in [0.15, 0.2) is 0 Å². The first-order chi connectivity index (χ1) is 7.22. The lowest BCUT2D eigenvalue weighted by Gasteiger charge is -2.19. The highest BCUT2D eigenvalue weighted by Crippen LogP contribution is 2.21. The van der Waals surface area contributed by atoms with E-state index in [0.717, 1.165) is 5.75 Å². The van der Waals surface area contributed by atoms with Gasteiger partial charge in [-0.15, -0.1) is 0 Å². The first-order valence-corrected chi connectivity index (χ1v) is 4.68. The van der Waals surface area contributed by atoms with Crippen molar-refractivity contribution >= 4 is 0 Å². The molecule has 84 valence electrons. The number of rotatable bonds is 5. The molecule has 0 aliphatic heterocycles. The van der Waals surface area contributed by atoms with Crippen molar-refractivity contribution in [1.82, 2.24) is 0 Å². The maximum atomic E-state index is 9.82. The molecule has 0 spiro atoms. The number of methoxy groups -OCH3 is 2. The first kappa shape index (κ1) is 12.0. The largest absolute Gasteiger partial charge is 0.497 e. The highest BCUT2D eigenvalue weighted by molar-refractivity contribution is 5.28. The molecular formula is C11H16O4. The van der Waals surface area contributed by atoms with Gasteiger partial charge in [-0.1, -0.05) is 12.1 Å². The van der Waals surface area contributed by atoms with Gasteiger partial charge in [0.05, 0.1) is 13.7 Å². The smallest absolute Gasteiger partial charge is 0.118 e. The molecule has 0 heterocycles. The van der Waals surface area contributed by atoms with Crippen LogP contribution < -0.4 is 4.74 Å². The summed E-state index contributed by atoms with van der Waals surface area (Å²) < 4.78 is 9.94. The Bertz CT molecular complexity index is 279. The van der Waals surface area contributed by atoms with Crippen LogP contribution in [0, 0.1) is 0 Å². The van der Waals surface area contributed by atoms with Gasteiger partial charge in [0.2, 0.25) is 0 Å². The van der Waals surface area contributed by atoms with Crippen molar-refractivity contribution in [3.8, 4) is 5.75 Å². The number of ether oxygens (including phenoxy) is 2. The van der Waals surface area contributed by atoms with Crippen molar-refractivity contribution in [2.75, 3.05) is 20.8 Å². The summed E-state index contributed by atoms with van der Waals surface area (Å²) in [5, 5.41) is 18.8. The zero-order chi connectivity index (χ0) is 11.3. The summed E-state index contributed by atoms with van der Waals surface area (Å²) in [6, 6.07) is 6.99. The Morgan fingerprint density at radius 3 is 2.20 bits per heavy atom. The summed E-state index contributed by atoms with van der Waals surface area (Å²) in [5.74, 6) is 0.726. The fourth-order valence-electron chi connectivity index (χ4n) is 1.32. The fraction of sp³-hybridized carbons (Fsp3) is 0.455. The number of aliphatic hydroxyl groups is 2. The molecule has 0 radical (unpaired) electrons.